The highest BCUT2D eigenvalue weighted by atomic mass is 16.8. The van der Waals surface area contributed by atoms with Crippen molar-refractivity contribution >= 4 is 0 Å². The molecular formula is C18H32N6O8. The van der Waals surface area contributed by atoms with Crippen LogP contribution in [0, 0.1) is 0 Å². The Labute approximate surface area is 186 Å². The summed E-state index contributed by atoms with van der Waals surface area (Å²) in [6, 6.07) is 0. The van der Waals surface area contributed by atoms with Crippen molar-refractivity contribution in [3.63, 3.8) is 0 Å². The number of hydrogen-bond donors (Lipinski definition) is 1. The lowest BCUT2D eigenvalue weighted by atomic mass is 10.1. The van der Waals surface area contributed by atoms with Crippen LogP contribution in [-0.2, 0) is 33.2 Å². The van der Waals surface area contributed by atoms with Crippen LogP contribution >= 0.6 is 0 Å². The van der Waals surface area contributed by atoms with Crippen LogP contribution < -0.4 is 0 Å². The Morgan fingerprint density at radius 1 is 0.938 bits per heavy atom. The van der Waals surface area contributed by atoms with Crippen LogP contribution in [0.4, 0.5) is 0 Å². The Balaban J connectivity index is 0.000000229. The lowest BCUT2D eigenvalue weighted by Crippen LogP contribution is -2.38. The van der Waals surface area contributed by atoms with Crippen LogP contribution in [0.5, 0.6) is 0 Å². The number of ether oxygens (including phenoxy) is 7. The predicted molar refractivity (Wildman–Crippen MR) is 109 cm³/mol. The zero-order valence-corrected chi connectivity index (χ0v) is 18.9. The fourth-order valence-corrected chi connectivity index (χ4v) is 3.77. The predicted octanol–water partition coefficient (Wildman–Crippen LogP) is 2.01. The van der Waals surface area contributed by atoms with Crippen molar-refractivity contribution in [2.45, 2.75) is 82.7 Å². The molecule has 0 spiro atoms. The number of azide groups is 2. The molecule has 0 aromatic rings. The van der Waals surface area contributed by atoms with E-state index >= 15 is 0 Å². The highest BCUT2D eigenvalue weighted by molar-refractivity contribution is 4.95. The molecule has 1 unspecified atom stereocenters. The second-order valence-electron chi connectivity index (χ2n) is 7.58. The van der Waals surface area contributed by atoms with E-state index in [-0.39, 0.29) is 31.4 Å². The molecule has 3 fully saturated rings. The molecule has 182 valence electrons. The maximum absolute atomic E-state index is 9.74. The molecule has 8 atom stereocenters. The van der Waals surface area contributed by atoms with Gasteiger partial charge < -0.3 is 38.3 Å². The summed E-state index contributed by atoms with van der Waals surface area (Å²) in [6.07, 6.45) is -3.81. The van der Waals surface area contributed by atoms with E-state index in [9.17, 15) is 5.11 Å². The Morgan fingerprint density at radius 2 is 1.50 bits per heavy atom. The summed E-state index contributed by atoms with van der Waals surface area (Å²) < 4.78 is 38.2. The van der Waals surface area contributed by atoms with Crippen LogP contribution in [0.3, 0.4) is 0 Å². The van der Waals surface area contributed by atoms with E-state index in [0.717, 1.165) is 0 Å². The fourth-order valence-electron chi connectivity index (χ4n) is 3.77. The summed E-state index contributed by atoms with van der Waals surface area (Å²) in [5.74, 6) is -0.659. The van der Waals surface area contributed by atoms with Crippen LogP contribution in [0.2, 0.25) is 0 Å². The van der Waals surface area contributed by atoms with Gasteiger partial charge in [0.2, 0.25) is 0 Å². The summed E-state index contributed by atoms with van der Waals surface area (Å²) in [5, 5.41) is 16.7. The molecule has 0 radical (unpaired) electrons. The molecule has 14 heteroatoms. The van der Waals surface area contributed by atoms with Gasteiger partial charge in [-0.15, -0.1) is 0 Å². The van der Waals surface area contributed by atoms with Gasteiger partial charge in [0.1, 0.15) is 24.4 Å². The molecule has 1 N–H and O–H groups in total. The van der Waals surface area contributed by atoms with Gasteiger partial charge in [0, 0.05) is 30.1 Å². The quantitative estimate of drug-likeness (QED) is 0.308. The average Bonchev–Trinajstić information content (AvgIpc) is 3.34. The van der Waals surface area contributed by atoms with Crippen LogP contribution in [0.25, 0.3) is 20.9 Å². The number of fused-ring (bicyclic) bond motifs is 1. The van der Waals surface area contributed by atoms with E-state index < -0.39 is 36.7 Å². The van der Waals surface area contributed by atoms with Crippen molar-refractivity contribution < 1.29 is 38.3 Å². The summed E-state index contributed by atoms with van der Waals surface area (Å²) in [7, 11) is 1.44. The lowest BCUT2D eigenvalue weighted by Gasteiger charge is -2.24. The highest BCUT2D eigenvalue weighted by Gasteiger charge is 2.55. The standard InChI is InChI=1S/C10H17N3O4.C8H15N3O4/c1-4-14-7-6(5-12-13-11)15-9-8(7)16-10(2,3)17-9;1-3-14-7-5(4-10-11-9)15-8(13-2)6(7)12/h6-9H,4-5H2,1-3H3;5-8,12H,3-4H2,1-2H3/t6-,7+,8-,9-;5-,6-,7+,8?/m11/s1. The minimum Gasteiger partial charge on any atom is -0.385 e. The Kier molecular flexibility index (Phi) is 10.4. The van der Waals surface area contributed by atoms with Crippen LogP contribution in [0.15, 0.2) is 10.2 Å². The van der Waals surface area contributed by atoms with E-state index in [1.807, 2.05) is 27.7 Å². The molecule has 14 nitrogen and oxygen atoms in total. The van der Waals surface area contributed by atoms with Gasteiger partial charge in [0.25, 0.3) is 0 Å². The Bertz CT molecular complexity index is 686. The first-order valence-electron chi connectivity index (χ1n) is 10.4. The van der Waals surface area contributed by atoms with E-state index in [0.29, 0.717) is 13.2 Å². The van der Waals surface area contributed by atoms with Crippen molar-refractivity contribution in [1.82, 2.24) is 0 Å². The monoisotopic (exact) mass is 460 g/mol. The molecule has 3 rings (SSSR count). The Morgan fingerprint density at radius 3 is 2.03 bits per heavy atom. The molecule has 0 bridgehead atoms. The molecule has 32 heavy (non-hydrogen) atoms. The highest BCUT2D eigenvalue weighted by Crippen LogP contribution is 2.38. The van der Waals surface area contributed by atoms with Crippen molar-refractivity contribution in [3.8, 4) is 0 Å². The number of aliphatic hydroxyl groups is 1. The first-order chi connectivity index (χ1) is 15.3. The molecule has 0 amide bonds. The minimum absolute atomic E-state index is 0.123. The molecule has 3 aliphatic rings. The van der Waals surface area contributed by atoms with E-state index in [1.165, 1.54) is 7.11 Å². The number of methoxy groups -OCH3 is 1. The van der Waals surface area contributed by atoms with Crippen molar-refractivity contribution in [1.29, 1.82) is 0 Å². The van der Waals surface area contributed by atoms with E-state index in [4.69, 9.17) is 44.2 Å². The van der Waals surface area contributed by atoms with E-state index in [2.05, 4.69) is 20.1 Å². The minimum atomic E-state index is -0.853. The van der Waals surface area contributed by atoms with Gasteiger partial charge in [0.05, 0.1) is 25.3 Å². The first kappa shape index (κ1) is 26.6. The third kappa shape index (κ3) is 6.65. The molecule has 3 saturated heterocycles. The second-order valence-corrected chi connectivity index (χ2v) is 7.58. The molecule has 0 aromatic carbocycles. The summed E-state index contributed by atoms with van der Waals surface area (Å²) in [5.41, 5.74) is 16.5. The van der Waals surface area contributed by atoms with Gasteiger partial charge in [-0.25, -0.2) is 0 Å². The van der Waals surface area contributed by atoms with Gasteiger partial charge in [-0.2, -0.15) is 0 Å². The largest absolute Gasteiger partial charge is 0.385 e. The van der Waals surface area contributed by atoms with Crippen molar-refractivity contribution in [3.05, 3.63) is 20.9 Å². The topological polar surface area (TPSA) is 182 Å². The number of hydrogen-bond acceptors (Lipinski definition) is 10. The average molecular weight is 460 g/mol. The third-order valence-electron chi connectivity index (χ3n) is 4.98. The van der Waals surface area contributed by atoms with Crippen molar-refractivity contribution in [2.24, 2.45) is 10.2 Å². The summed E-state index contributed by atoms with van der Waals surface area (Å²) in [4.78, 5) is 5.36. The smallest absolute Gasteiger partial charge is 0.190 e. The molecular weight excluding hydrogens is 428 g/mol. The zero-order chi connectivity index (χ0) is 23.7. The van der Waals surface area contributed by atoms with Crippen LogP contribution in [0.1, 0.15) is 27.7 Å². The molecule has 0 aliphatic carbocycles. The van der Waals surface area contributed by atoms with Gasteiger partial charge in [-0.3, -0.25) is 0 Å². The zero-order valence-electron chi connectivity index (χ0n) is 18.9. The molecule has 0 aromatic heterocycles. The molecule has 3 aliphatic heterocycles. The Hall–Kier alpha value is -1.70. The van der Waals surface area contributed by atoms with Gasteiger partial charge in [-0.05, 0) is 38.8 Å². The van der Waals surface area contributed by atoms with Gasteiger partial charge in [0.15, 0.2) is 18.4 Å². The van der Waals surface area contributed by atoms with Gasteiger partial charge in [-0.1, -0.05) is 10.2 Å². The lowest BCUT2D eigenvalue weighted by molar-refractivity contribution is -0.216. The summed E-state index contributed by atoms with van der Waals surface area (Å²) in [6.45, 7) is 8.73. The SMILES string of the molecule is CCO[C@@H]1[C@H]2OC(C)(C)O[C@H]2O[C@@H]1CN=[N+]=[N-].CCO[C@H]1[C@@H](CN=[N+]=[N-])OC(OC)[C@@H]1O. The molecule has 0 saturated carbocycles. The number of aliphatic hydroxyl groups excluding tert-OH is 1. The maximum atomic E-state index is 9.74. The first-order valence-corrected chi connectivity index (χ1v) is 10.4. The number of rotatable bonds is 9. The van der Waals surface area contributed by atoms with E-state index in [1.54, 1.807) is 0 Å². The number of nitrogens with zero attached hydrogens (tertiary/aromatic N) is 6. The van der Waals surface area contributed by atoms with Crippen molar-refractivity contribution in [2.75, 3.05) is 33.4 Å². The van der Waals surface area contributed by atoms with Gasteiger partial charge >= 0.3 is 0 Å². The summed E-state index contributed by atoms with van der Waals surface area (Å²) >= 11 is 0. The second kappa shape index (κ2) is 12.5. The molecule has 3 heterocycles. The third-order valence-corrected chi connectivity index (χ3v) is 4.98. The normalized spacial score (nSPS) is 37.1. The maximum Gasteiger partial charge on any atom is 0.190 e. The fraction of sp³-hybridized carbons (Fsp3) is 1.00. The van der Waals surface area contributed by atoms with Crippen LogP contribution in [-0.4, -0.2) is 93.5 Å².